The molecule has 17 heavy (non-hydrogen) atoms. The molecule has 1 heterocycles. The van der Waals surface area contributed by atoms with Crippen LogP contribution in [0.25, 0.3) is 0 Å². The van der Waals surface area contributed by atoms with Crippen molar-refractivity contribution in [2.24, 2.45) is 0 Å². The molecule has 2 nitrogen and oxygen atoms in total. The molecule has 1 aromatic carbocycles. The van der Waals surface area contributed by atoms with E-state index in [0.717, 1.165) is 25.1 Å². The Labute approximate surface area is 104 Å². The van der Waals surface area contributed by atoms with E-state index in [2.05, 4.69) is 51.2 Å². The highest BCUT2D eigenvalue weighted by Gasteiger charge is 2.31. The number of benzene rings is 1. The molecular weight excluding hydrogens is 210 g/mol. The molecule has 0 saturated carbocycles. The van der Waals surface area contributed by atoms with E-state index in [1.165, 1.54) is 11.1 Å². The van der Waals surface area contributed by atoms with Gasteiger partial charge in [-0.3, -0.25) is 0 Å². The molecule has 0 bridgehead atoms. The van der Waals surface area contributed by atoms with Gasteiger partial charge in [-0.15, -0.1) is 0 Å². The lowest BCUT2D eigenvalue weighted by Gasteiger charge is -2.19. The summed E-state index contributed by atoms with van der Waals surface area (Å²) in [6.45, 7) is 9.62. The first-order chi connectivity index (χ1) is 8.02. The highest BCUT2D eigenvalue weighted by molar-refractivity contribution is 5.45. The van der Waals surface area contributed by atoms with Crippen molar-refractivity contribution in [3.8, 4) is 5.75 Å². The summed E-state index contributed by atoms with van der Waals surface area (Å²) in [5, 5.41) is 3.53. The summed E-state index contributed by atoms with van der Waals surface area (Å²) in [4.78, 5) is 0. The van der Waals surface area contributed by atoms with Crippen LogP contribution in [0.15, 0.2) is 18.2 Å². The van der Waals surface area contributed by atoms with Gasteiger partial charge in [0.15, 0.2) is 0 Å². The molecule has 0 aliphatic carbocycles. The monoisotopic (exact) mass is 233 g/mol. The van der Waals surface area contributed by atoms with Gasteiger partial charge in [-0.1, -0.05) is 25.1 Å². The number of para-hydroxylation sites is 1. The summed E-state index contributed by atoms with van der Waals surface area (Å²) in [7, 11) is 0. The summed E-state index contributed by atoms with van der Waals surface area (Å²) in [6, 6.07) is 7.03. The fourth-order valence-corrected chi connectivity index (χ4v) is 2.25. The number of fused-ring (bicyclic) bond motifs is 1. The van der Waals surface area contributed by atoms with E-state index in [1.54, 1.807) is 0 Å². The normalized spacial score (nSPS) is 18.6. The largest absolute Gasteiger partial charge is 0.487 e. The van der Waals surface area contributed by atoms with E-state index in [0.29, 0.717) is 6.04 Å². The van der Waals surface area contributed by atoms with Crippen molar-refractivity contribution in [2.75, 3.05) is 0 Å². The van der Waals surface area contributed by atoms with E-state index in [4.69, 9.17) is 4.74 Å². The Hall–Kier alpha value is -1.02. The van der Waals surface area contributed by atoms with Crippen molar-refractivity contribution in [1.82, 2.24) is 5.32 Å². The molecule has 1 unspecified atom stereocenters. The predicted octanol–water partition coefficient (Wildman–Crippen LogP) is 3.29. The molecule has 0 amide bonds. The molecule has 1 atom stereocenters. The number of rotatable bonds is 4. The Morgan fingerprint density at radius 1 is 1.41 bits per heavy atom. The van der Waals surface area contributed by atoms with E-state index in [9.17, 15) is 0 Å². The summed E-state index contributed by atoms with van der Waals surface area (Å²) in [5.41, 5.74) is 2.58. The van der Waals surface area contributed by atoms with Crippen LogP contribution >= 0.6 is 0 Å². The maximum absolute atomic E-state index is 6.05. The first-order valence-electron chi connectivity index (χ1n) is 6.55. The van der Waals surface area contributed by atoms with Crippen molar-refractivity contribution in [2.45, 2.75) is 58.7 Å². The van der Waals surface area contributed by atoms with E-state index in [1.807, 2.05) is 0 Å². The van der Waals surface area contributed by atoms with Crippen LogP contribution in [0.4, 0.5) is 0 Å². The molecule has 1 aromatic rings. The topological polar surface area (TPSA) is 21.3 Å². The van der Waals surface area contributed by atoms with Gasteiger partial charge in [0.1, 0.15) is 11.4 Å². The van der Waals surface area contributed by atoms with Gasteiger partial charge in [-0.05, 0) is 32.8 Å². The zero-order chi connectivity index (χ0) is 12.5. The molecule has 0 fully saturated rings. The lowest BCUT2D eigenvalue weighted by molar-refractivity contribution is 0.137. The standard InChI is InChI=1S/C15H23NO/c1-5-11(2)16-10-13-8-6-7-12-9-15(3,4)17-14(12)13/h6-8,11,16H,5,9-10H2,1-4H3. The molecule has 2 heteroatoms. The average molecular weight is 233 g/mol. The third-order valence-electron chi connectivity index (χ3n) is 3.43. The first kappa shape index (κ1) is 12.4. The van der Waals surface area contributed by atoms with Gasteiger partial charge in [0.05, 0.1) is 0 Å². The smallest absolute Gasteiger partial charge is 0.127 e. The third kappa shape index (κ3) is 2.81. The van der Waals surface area contributed by atoms with Gasteiger partial charge in [-0.2, -0.15) is 0 Å². The number of nitrogens with one attached hydrogen (secondary N) is 1. The van der Waals surface area contributed by atoms with Crippen LogP contribution in [0.1, 0.15) is 45.2 Å². The number of hydrogen-bond acceptors (Lipinski definition) is 2. The van der Waals surface area contributed by atoms with Crippen LogP contribution in [0.2, 0.25) is 0 Å². The van der Waals surface area contributed by atoms with Crippen molar-refractivity contribution in [1.29, 1.82) is 0 Å². The molecule has 1 N–H and O–H groups in total. The molecule has 0 spiro atoms. The zero-order valence-corrected chi connectivity index (χ0v) is 11.3. The highest BCUT2D eigenvalue weighted by Crippen LogP contribution is 2.37. The van der Waals surface area contributed by atoms with Gasteiger partial charge < -0.3 is 10.1 Å². The van der Waals surface area contributed by atoms with Gasteiger partial charge in [-0.25, -0.2) is 0 Å². The van der Waals surface area contributed by atoms with Crippen LogP contribution in [-0.4, -0.2) is 11.6 Å². The van der Waals surface area contributed by atoms with Gasteiger partial charge in [0.2, 0.25) is 0 Å². The van der Waals surface area contributed by atoms with Crippen LogP contribution in [0, 0.1) is 0 Å². The average Bonchev–Trinajstić information content (AvgIpc) is 2.60. The summed E-state index contributed by atoms with van der Waals surface area (Å²) >= 11 is 0. The molecule has 2 rings (SSSR count). The molecule has 1 aliphatic rings. The van der Waals surface area contributed by atoms with Gasteiger partial charge in [0.25, 0.3) is 0 Å². The fraction of sp³-hybridized carbons (Fsp3) is 0.600. The van der Waals surface area contributed by atoms with E-state index >= 15 is 0 Å². The zero-order valence-electron chi connectivity index (χ0n) is 11.3. The van der Waals surface area contributed by atoms with Gasteiger partial charge >= 0.3 is 0 Å². The van der Waals surface area contributed by atoms with Crippen molar-refractivity contribution in [3.63, 3.8) is 0 Å². The highest BCUT2D eigenvalue weighted by atomic mass is 16.5. The summed E-state index contributed by atoms with van der Waals surface area (Å²) in [5.74, 6) is 1.10. The second-order valence-corrected chi connectivity index (χ2v) is 5.63. The Morgan fingerprint density at radius 3 is 2.88 bits per heavy atom. The molecule has 1 aliphatic heterocycles. The number of hydrogen-bond donors (Lipinski definition) is 1. The lowest BCUT2D eigenvalue weighted by atomic mass is 10.0. The van der Waals surface area contributed by atoms with Crippen LogP contribution in [0.5, 0.6) is 5.75 Å². The predicted molar refractivity (Wildman–Crippen MR) is 71.4 cm³/mol. The molecule has 94 valence electrons. The molecule has 0 saturated heterocycles. The summed E-state index contributed by atoms with van der Waals surface area (Å²) < 4.78 is 6.05. The molecule has 0 radical (unpaired) electrons. The molecule has 0 aromatic heterocycles. The minimum Gasteiger partial charge on any atom is -0.487 e. The minimum atomic E-state index is -0.0468. The van der Waals surface area contributed by atoms with Crippen LogP contribution in [0.3, 0.4) is 0 Å². The Balaban J connectivity index is 2.13. The number of ether oxygens (including phenoxy) is 1. The first-order valence-corrected chi connectivity index (χ1v) is 6.55. The van der Waals surface area contributed by atoms with Crippen LogP contribution < -0.4 is 10.1 Å². The Morgan fingerprint density at radius 2 is 2.18 bits per heavy atom. The Kier molecular flexibility index (Phi) is 3.43. The minimum absolute atomic E-state index is 0.0468. The second-order valence-electron chi connectivity index (χ2n) is 5.63. The lowest BCUT2D eigenvalue weighted by Crippen LogP contribution is -2.26. The fourth-order valence-electron chi connectivity index (χ4n) is 2.25. The SMILES string of the molecule is CCC(C)NCc1cccc2c1OC(C)(C)C2. The third-order valence-corrected chi connectivity index (χ3v) is 3.43. The van der Waals surface area contributed by atoms with Crippen molar-refractivity contribution < 1.29 is 4.74 Å². The second kappa shape index (κ2) is 4.69. The van der Waals surface area contributed by atoms with Crippen molar-refractivity contribution >= 4 is 0 Å². The van der Waals surface area contributed by atoms with E-state index in [-0.39, 0.29) is 5.60 Å². The molecular formula is C15H23NO. The quantitative estimate of drug-likeness (QED) is 0.861. The van der Waals surface area contributed by atoms with Crippen LogP contribution in [-0.2, 0) is 13.0 Å². The maximum atomic E-state index is 6.05. The summed E-state index contributed by atoms with van der Waals surface area (Å²) in [6.07, 6.45) is 2.17. The Bertz CT molecular complexity index is 398. The van der Waals surface area contributed by atoms with Crippen molar-refractivity contribution in [3.05, 3.63) is 29.3 Å². The van der Waals surface area contributed by atoms with E-state index < -0.39 is 0 Å². The maximum Gasteiger partial charge on any atom is 0.127 e. The van der Waals surface area contributed by atoms with Gasteiger partial charge in [0, 0.05) is 24.6 Å².